The number of piperidine rings is 1. The van der Waals surface area contributed by atoms with Crippen LogP contribution in [0.5, 0.6) is 0 Å². The second-order valence-electron chi connectivity index (χ2n) is 9.09. The zero-order valence-electron chi connectivity index (χ0n) is 19.8. The summed E-state index contributed by atoms with van der Waals surface area (Å²) in [7, 11) is 0. The molecule has 13 heteroatoms. The van der Waals surface area contributed by atoms with E-state index in [-0.39, 0.29) is 16.2 Å². The fourth-order valence-electron chi connectivity index (χ4n) is 4.53. The summed E-state index contributed by atoms with van der Waals surface area (Å²) in [5.74, 6) is -0.665. The Hall–Kier alpha value is -3.06. The number of alkyl halides is 3. The number of nitrogens with zero attached hydrogens (tertiary/aromatic N) is 4. The number of carbonyl (C=O) groups is 1. The van der Waals surface area contributed by atoms with Gasteiger partial charge in [-0.15, -0.1) is 11.3 Å². The van der Waals surface area contributed by atoms with Crippen molar-refractivity contribution >= 4 is 38.9 Å². The van der Waals surface area contributed by atoms with Crippen LogP contribution in [0.25, 0.3) is 0 Å². The first-order valence-electron chi connectivity index (χ1n) is 11.8. The van der Waals surface area contributed by atoms with Crippen molar-refractivity contribution in [3.8, 4) is 0 Å². The number of oxime groups is 1. The van der Waals surface area contributed by atoms with Gasteiger partial charge in [-0.05, 0) is 40.9 Å². The molecule has 1 saturated heterocycles. The molecule has 2 aliphatic rings. The van der Waals surface area contributed by atoms with E-state index in [2.05, 4.69) is 21.1 Å². The van der Waals surface area contributed by atoms with Crippen molar-refractivity contribution in [1.29, 1.82) is 0 Å². The number of thiazole rings is 1. The summed E-state index contributed by atoms with van der Waals surface area (Å²) >= 11 is 4.34. The van der Waals surface area contributed by atoms with Gasteiger partial charge in [-0.25, -0.2) is 9.37 Å². The predicted molar refractivity (Wildman–Crippen MR) is 135 cm³/mol. The Labute approximate surface area is 226 Å². The van der Waals surface area contributed by atoms with E-state index in [0.717, 1.165) is 9.57 Å². The van der Waals surface area contributed by atoms with E-state index >= 15 is 0 Å². The number of amides is 1. The standard InChI is InChI=1S/C25H21BrF4N4O3S/c26-17-9-15(25(28,29)30)11-34(24(17)36)12-22(35)33-7-5-14(6-8-33)23-31-20(13-38-23)19-10-21(37-32-19)16-3-1-2-4-18(16)27/h1-4,9,11,13-14,21H,5-8,10,12H2. The second kappa shape index (κ2) is 10.6. The van der Waals surface area contributed by atoms with Crippen LogP contribution in [0.1, 0.15) is 53.1 Å². The molecule has 0 bridgehead atoms. The van der Waals surface area contributed by atoms with Crippen LogP contribution in [0.15, 0.2) is 56.3 Å². The molecule has 0 N–H and O–H groups in total. The Morgan fingerprint density at radius 3 is 2.66 bits per heavy atom. The number of rotatable bonds is 5. The summed E-state index contributed by atoms with van der Waals surface area (Å²) in [4.78, 5) is 36.8. The number of hydrogen-bond acceptors (Lipinski definition) is 6. The van der Waals surface area contributed by atoms with Gasteiger partial charge in [0.25, 0.3) is 5.56 Å². The van der Waals surface area contributed by atoms with Crippen molar-refractivity contribution in [2.75, 3.05) is 13.1 Å². The number of halogens is 5. The predicted octanol–water partition coefficient (Wildman–Crippen LogP) is 5.50. The van der Waals surface area contributed by atoms with Crippen molar-refractivity contribution in [2.24, 2.45) is 5.16 Å². The number of benzene rings is 1. The lowest BCUT2D eigenvalue weighted by Gasteiger charge is -2.31. The normalized spacial score (nSPS) is 18.4. The molecule has 5 rings (SSSR count). The number of likely N-dealkylation sites (tertiary alicyclic amines) is 1. The lowest BCUT2D eigenvalue weighted by Crippen LogP contribution is -2.41. The largest absolute Gasteiger partial charge is 0.417 e. The number of carbonyl (C=O) groups excluding carboxylic acids is 1. The maximum atomic E-state index is 14.1. The molecule has 0 radical (unpaired) electrons. The van der Waals surface area contributed by atoms with Gasteiger partial charge in [0.1, 0.15) is 18.1 Å². The van der Waals surface area contributed by atoms with Gasteiger partial charge < -0.3 is 14.3 Å². The van der Waals surface area contributed by atoms with Crippen LogP contribution in [-0.2, 0) is 22.4 Å². The fraction of sp³-hybridized carbons (Fsp3) is 0.360. The van der Waals surface area contributed by atoms with E-state index in [0.29, 0.717) is 61.6 Å². The summed E-state index contributed by atoms with van der Waals surface area (Å²) in [6.45, 7) is 0.315. The SMILES string of the molecule is O=C(Cn1cc(C(F)(F)F)cc(Br)c1=O)N1CCC(c2nc(C3=NOC(c4ccccc4F)C3)cs2)CC1. The summed E-state index contributed by atoms with van der Waals surface area (Å²) < 4.78 is 54.0. The molecule has 4 heterocycles. The van der Waals surface area contributed by atoms with Crippen molar-refractivity contribution in [3.63, 3.8) is 0 Å². The highest BCUT2D eigenvalue weighted by atomic mass is 79.9. The molecule has 1 unspecified atom stereocenters. The molecule has 0 saturated carbocycles. The third-order valence-corrected chi connectivity index (χ3v) is 8.19. The first-order valence-corrected chi connectivity index (χ1v) is 13.5. The first-order chi connectivity index (χ1) is 18.1. The van der Waals surface area contributed by atoms with E-state index in [4.69, 9.17) is 9.82 Å². The maximum Gasteiger partial charge on any atom is 0.417 e. The van der Waals surface area contributed by atoms with Gasteiger partial charge in [-0.2, -0.15) is 13.2 Å². The Morgan fingerprint density at radius 1 is 1.21 bits per heavy atom. The molecule has 1 aromatic carbocycles. The van der Waals surface area contributed by atoms with Crippen LogP contribution in [0, 0.1) is 5.82 Å². The highest BCUT2D eigenvalue weighted by Crippen LogP contribution is 2.34. The van der Waals surface area contributed by atoms with E-state index in [1.165, 1.54) is 17.4 Å². The highest BCUT2D eigenvalue weighted by Gasteiger charge is 2.33. The van der Waals surface area contributed by atoms with Crippen LogP contribution in [0.4, 0.5) is 17.6 Å². The average Bonchev–Trinajstić information content (AvgIpc) is 3.57. The average molecular weight is 613 g/mol. The van der Waals surface area contributed by atoms with Gasteiger partial charge in [-0.1, -0.05) is 23.4 Å². The van der Waals surface area contributed by atoms with Gasteiger partial charge in [0, 0.05) is 42.6 Å². The minimum absolute atomic E-state index is 0.105. The Kier molecular flexibility index (Phi) is 7.40. The minimum Gasteiger partial charge on any atom is -0.387 e. The Balaban J connectivity index is 1.18. The quantitative estimate of drug-likeness (QED) is 0.357. The van der Waals surface area contributed by atoms with E-state index in [9.17, 15) is 27.2 Å². The second-order valence-corrected chi connectivity index (χ2v) is 10.8. The van der Waals surface area contributed by atoms with E-state index in [1.807, 2.05) is 5.38 Å². The van der Waals surface area contributed by atoms with E-state index < -0.39 is 35.9 Å². The van der Waals surface area contributed by atoms with Crippen molar-refractivity contribution in [3.05, 3.63) is 84.4 Å². The topological polar surface area (TPSA) is 76.8 Å². The molecule has 7 nitrogen and oxygen atoms in total. The molecule has 3 aromatic rings. The number of pyridine rings is 1. The van der Waals surface area contributed by atoms with Crippen LogP contribution in [0.2, 0.25) is 0 Å². The number of hydrogen-bond donors (Lipinski definition) is 0. The lowest BCUT2D eigenvalue weighted by molar-refractivity contribution is -0.139. The van der Waals surface area contributed by atoms with Gasteiger partial charge in [0.05, 0.1) is 20.7 Å². The van der Waals surface area contributed by atoms with Crippen LogP contribution < -0.4 is 5.56 Å². The molecule has 1 atom stereocenters. The summed E-state index contributed by atoms with van der Waals surface area (Å²) in [6.07, 6.45) is -2.82. The fourth-order valence-corrected chi connectivity index (χ4v) is 6.01. The van der Waals surface area contributed by atoms with Crippen molar-refractivity contribution in [2.45, 2.75) is 44.0 Å². The van der Waals surface area contributed by atoms with Crippen molar-refractivity contribution in [1.82, 2.24) is 14.5 Å². The Morgan fingerprint density at radius 2 is 1.95 bits per heavy atom. The molecular weight excluding hydrogens is 592 g/mol. The zero-order valence-corrected chi connectivity index (χ0v) is 22.2. The minimum atomic E-state index is -4.64. The molecule has 2 aliphatic heterocycles. The highest BCUT2D eigenvalue weighted by molar-refractivity contribution is 9.10. The number of aromatic nitrogens is 2. The maximum absolute atomic E-state index is 14.1. The molecule has 1 fully saturated rings. The molecule has 38 heavy (non-hydrogen) atoms. The first kappa shape index (κ1) is 26.5. The van der Waals surface area contributed by atoms with Crippen molar-refractivity contribution < 1.29 is 27.2 Å². The van der Waals surface area contributed by atoms with Gasteiger partial charge in [-0.3, -0.25) is 9.59 Å². The summed E-state index contributed by atoms with van der Waals surface area (Å²) in [6, 6.07) is 7.12. The van der Waals surface area contributed by atoms with Crippen LogP contribution in [-0.4, -0.2) is 39.2 Å². The van der Waals surface area contributed by atoms with Crippen LogP contribution in [0.3, 0.4) is 0 Å². The van der Waals surface area contributed by atoms with Gasteiger partial charge in [0.2, 0.25) is 5.91 Å². The van der Waals surface area contributed by atoms with Gasteiger partial charge >= 0.3 is 6.18 Å². The van der Waals surface area contributed by atoms with E-state index in [1.54, 1.807) is 23.1 Å². The summed E-state index contributed by atoms with van der Waals surface area (Å²) in [5, 5.41) is 6.89. The monoisotopic (exact) mass is 612 g/mol. The lowest BCUT2D eigenvalue weighted by atomic mass is 9.97. The smallest absolute Gasteiger partial charge is 0.387 e. The molecule has 2 aromatic heterocycles. The zero-order chi connectivity index (χ0) is 27.0. The Bertz CT molecular complexity index is 1450. The third kappa shape index (κ3) is 5.53. The molecule has 0 spiro atoms. The molecule has 0 aliphatic carbocycles. The van der Waals surface area contributed by atoms with Gasteiger partial charge in [0.15, 0.2) is 6.10 Å². The summed E-state index contributed by atoms with van der Waals surface area (Å²) in [5.41, 5.74) is 0.0570. The third-order valence-electron chi connectivity index (χ3n) is 6.61. The molecule has 1 amide bonds. The van der Waals surface area contributed by atoms with Crippen LogP contribution >= 0.6 is 27.3 Å². The molecular formula is C25H21BrF4N4O3S. The molecule has 200 valence electrons.